The first kappa shape index (κ1) is 48.0. The third-order valence-corrected chi connectivity index (χ3v) is 18.6. The molecule has 0 saturated carbocycles. The first-order valence-corrected chi connectivity index (χ1v) is 28.4. The monoisotopic (exact) mass is 1100 g/mol. The lowest BCUT2D eigenvalue weighted by atomic mass is 9.95. The average Bonchev–Trinajstić information content (AvgIpc) is 4.37. The van der Waals surface area contributed by atoms with Gasteiger partial charge in [0.05, 0.1) is 5.69 Å². The van der Waals surface area contributed by atoms with Crippen LogP contribution in [0.2, 0.25) is 0 Å². The number of rotatable bonds is 9. The van der Waals surface area contributed by atoms with Crippen LogP contribution in [0.1, 0.15) is 0 Å². The molecule has 0 saturated heterocycles. The molecule has 0 bridgehead atoms. The van der Waals surface area contributed by atoms with Crippen LogP contribution in [0.4, 0.5) is 56.1 Å². The molecular formula is C70H39F5N2S3. The van der Waals surface area contributed by atoms with Gasteiger partial charge in [-0.15, -0.1) is 34.0 Å². The largest absolute Gasteiger partial charge is 0.310 e. The molecule has 0 fully saturated rings. The summed E-state index contributed by atoms with van der Waals surface area (Å²) in [5.41, 5.74) is 8.51. The van der Waals surface area contributed by atoms with Crippen LogP contribution in [0.3, 0.4) is 0 Å². The summed E-state index contributed by atoms with van der Waals surface area (Å²) in [6, 6.07) is 80.6. The number of hydrogen-bond acceptors (Lipinski definition) is 5. The summed E-state index contributed by atoms with van der Waals surface area (Å²) in [6.45, 7) is 0. The summed E-state index contributed by atoms with van der Waals surface area (Å²) in [6.07, 6.45) is 0. The lowest BCUT2D eigenvalue weighted by molar-refractivity contribution is 0.380. The van der Waals surface area contributed by atoms with Crippen molar-refractivity contribution in [1.29, 1.82) is 0 Å². The van der Waals surface area contributed by atoms with E-state index < -0.39 is 34.8 Å². The minimum Gasteiger partial charge on any atom is -0.310 e. The number of halogens is 5. The highest BCUT2D eigenvalue weighted by Crippen LogP contribution is 2.50. The highest BCUT2D eigenvalue weighted by Gasteiger charge is 2.31. The van der Waals surface area contributed by atoms with Gasteiger partial charge in [-0.2, -0.15) is 0 Å². The molecule has 0 N–H and O–H groups in total. The lowest BCUT2D eigenvalue weighted by Crippen LogP contribution is -2.17. The number of benzene rings is 12. The van der Waals surface area contributed by atoms with E-state index in [1.165, 1.54) is 20.2 Å². The van der Waals surface area contributed by atoms with Gasteiger partial charge in [0.2, 0.25) is 5.82 Å². The zero-order chi connectivity index (χ0) is 53.8. The van der Waals surface area contributed by atoms with Gasteiger partial charge in [-0.05, 0) is 136 Å². The Morgan fingerprint density at radius 3 is 1.48 bits per heavy atom. The number of hydrogen-bond donors (Lipinski definition) is 0. The van der Waals surface area contributed by atoms with Crippen molar-refractivity contribution in [3.8, 4) is 33.4 Å². The van der Waals surface area contributed by atoms with Gasteiger partial charge in [0, 0.05) is 88.8 Å². The van der Waals surface area contributed by atoms with E-state index in [0.29, 0.717) is 0 Å². The fourth-order valence-corrected chi connectivity index (χ4v) is 14.8. The second-order valence-corrected chi connectivity index (χ2v) is 23.1. The van der Waals surface area contributed by atoms with E-state index in [1.54, 1.807) is 76.5 Å². The fourth-order valence-electron chi connectivity index (χ4n) is 11.4. The Bertz CT molecular complexity index is 4940. The van der Waals surface area contributed by atoms with Crippen LogP contribution in [-0.4, -0.2) is 0 Å². The molecule has 0 spiro atoms. The van der Waals surface area contributed by atoms with Crippen LogP contribution < -0.4 is 9.80 Å². The molecule has 3 aromatic heterocycles. The van der Waals surface area contributed by atoms with Crippen LogP contribution in [0, 0.1) is 29.1 Å². The quantitative estimate of drug-likeness (QED) is 0.0807. The summed E-state index contributed by atoms with van der Waals surface area (Å²) in [5, 5.41) is 8.61. The molecule has 80 heavy (non-hydrogen) atoms. The Kier molecular flexibility index (Phi) is 11.4. The molecule has 0 radical (unpaired) electrons. The molecule has 0 unspecified atom stereocenters. The molecule has 382 valence electrons. The first-order chi connectivity index (χ1) is 39.2. The Labute approximate surface area is 467 Å². The third kappa shape index (κ3) is 7.85. The van der Waals surface area contributed by atoms with Crippen LogP contribution in [0.15, 0.2) is 237 Å². The van der Waals surface area contributed by atoms with Crippen molar-refractivity contribution in [2.75, 3.05) is 9.80 Å². The lowest BCUT2D eigenvalue weighted by Gasteiger charge is -2.29. The predicted octanol–water partition coefficient (Wildman–Crippen LogP) is 22.6. The Morgan fingerprint density at radius 1 is 0.250 bits per heavy atom. The molecule has 0 atom stereocenters. The Morgan fingerprint density at radius 2 is 0.750 bits per heavy atom. The van der Waals surface area contributed by atoms with Crippen LogP contribution in [0.5, 0.6) is 0 Å². The van der Waals surface area contributed by atoms with Crippen molar-refractivity contribution < 1.29 is 22.0 Å². The fraction of sp³-hybridized carbons (Fsp3) is 0. The summed E-state index contributed by atoms with van der Waals surface area (Å²) >= 11 is 5.10. The number of nitrogens with zero attached hydrogens (tertiary/aromatic N) is 2. The molecule has 15 rings (SSSR count). The molecular weight excluding hydrogens is 1060 g/mol. The third-order valence-electron chi connectivity index (χ3n) is 15.2. The van der Waals surface area contributed by atoms with E-state index in [9.17, 15) is 4.39 Å². The normalized spacial score (nSPS) is 11.8. The number of fused-ring (bicyclic) bond motifs is 10. The van der Waals surface area contributed by atoms with Crippen molar-refractivity contribution in [2.45, 2.75) is 0 Å². The van der Waals surface area contributed by atoms with E-state index in [0.717, 1.165) is 106 Å². The van der Waals surface area contributed by atoms with E-state index in [1.807, 2.05) is 12.1 Å². The van der Waals surface area contributed by atoms with Gasteiger partial charge in [-0.1, -0.05) is 140 Å². The molecule has 15 aromatic rings. The Hall–Kier alpha value is -9.19. The van der Waals surface area contributed by atoms with Crippen LogP contribution >= 0.6 is 34.0 Å². The second kappa shape index (κ2) is 19.0. The van der Waals surface area contributed by atoms with Gasteiger partial charge in [-0.25, -0.2) is 22.0 Å². The molecule has 0 aliphatic heterocycles. The number of thiophene rings is 3. The highest BCUT2D eigenvalue weighted by atomic mass is 32.1. The SMILES string of the molecule is Fc1c(F)c(F)c(N(c2ccccc2)c2ccc3sc4ccc(-c5cc6sc7ccccc7c6cc5N(c5ccc(-c6ccc7c(c6)sc6ccccc67)cc5)c5cc(-c6ccccc6)c6ccccc6c5)cc4c3c2)c(F)c1F. The zero-order valence-electron chi connectivity index (χ0n) is 42.0. The minimum absolute atomic E-state index is 0.214. The van der Waals surface area contributed by atoms with Crippen LogP contribution in [-0.2, 0) is 0 Å². The van der Waals surface area contributed by atoms with Gasteiger partial charge in [0.15, 0.2) is 23.3 Å². The Balaban J connectivity index is 0.955. The molecule has 0 aliphatic carbocycles. The first-order valence-electron chi connectivity index (χ1n) is 25.9. The summed E-state index contributed by atoms with van der Waals surface area (Å²) in [7, 11) is 0. The molecule has 0 amide bonds. The second-order valence-electron chi connectivity index (χ2n) is 19.8. The maximum Gasteiger partial charge on any atom is 0.200 e. The summed E-state index contributed by atoms with van der Waals surface area (Å²) in [4.78, 5) is 3.46. The molecule has 0 aliphatic rings. The molecule has 10 heteroatoms. The van der Waals surface area contributed by atoms with Gasteiger partial charge in [-0.3, -0.25) is 0 Å². The minimum atomic E-state index is -2.22. The van der Waals surface area contributed by atoms with Gasteiger partial charge >= 0.3 is 0 Å². The van der Waals surface area contributed by atoms with E-state index in [-0.39, 0.29) is 11.4 Å². The maximum atomic E-state index is 15.9. The topological polar surface area (TPSA) is 6.48 Å². The molecule has 12 aromatic carbocycles. The summed E-state index contributed by atoms with van der Waals surface area (Å²) < 4.78 is 83.0. The van der Waals surface area contributed by atoms with Crippen molar-refractivity contribution in [2.24, 2.45) is 0 Å². The number of anilines is 6. The smallest absolute Gasteiger partial charge is 0.200 e. The maximum absolute atomic E-state index is 15.9. The predicted molar refractivity (Wildman–Crippen MR) is 328 cm³/mol. The van der Waals surface area contributed by atoms with Crippen LogP contribution in [0.25, 0.3) is 105 Å². The van der Waals surface area contributed by atoms with E-state index >= 15 is 17.6 Å². The van der Waals surface area contributed by atoms with E-state index in [2.05, 4.69) is 187 Å². The van der Waals surface area contributed by atoms with Crippen molar-refractivity contribution >= 4 is 139 Å². The van der Waals surface area contributed by atoms with Gasteiger partial charge < -0.3 is 9.80 Å². The standard InChI is InChI=1S/C70H39F5N2S3/c71-65-66(72)68(74)70(69(75)67(65)73)77(45-16-5-2-6-17-45)47-29-32-62-56(36-47)55-34-44(26-31-61(55)78-62)54-39-64-57(51-20-10-12-22-60(51)80-64)38-58(54)76(48-33-43-15-7-8-18-49(43)53(37-48)41-13-3-1-4-14-41)46-27-23-40(24-28-46)42-25-30-52-50-19-9-11-21-59(50)79-63(52)35-42/h1-39H. The number of para-hydroxylation sites is 1. The molecule has 3 heterocycles. The van der Waals surface area contributed by atoms with Crippen molar-refractivity contribution in [3.63, 3.8) is 0 Å². The summed E-state index contributed by atoms with van der Waals surface area (Å²) in [5.74, 6) is -10.1. The average molecular weight is 1100 g/mol. The highest BCUT2D eigenvalue weighted by molar-refractivity contribution is 7.26. The van der Waals surface area contributed by atoms with E-state index in [4.69, 9.17) is 0 Å². The van der Waals surface area contributed by atoms with Gasteiger partial charge in [0.25, 0.3) is 0 Å². The van der Waals surface area contributed by atoms with Crippen molar-refractivity contribution in [3.05, 3.63) is 266 Å². The van der Waals surface area contributed by atoms with Crippen molar-refractivity contribution in [1.82, 2.24) is 0 Å². The molecule has 2 nitrogen and oxygen atoms in total. The zero-order valence-corrected chi connectivity index (χ0v) is 44.5. The van der Waals surface area contributed by atoms with Gasteiger partial charge in [0.1, 0.15) is 5.69 Å².